The van der Waals surface area contributed by atoms with Crippen molar-refractivity contribution in [2.75, 3.05) is 126 Å². The van der Waals surface area contributed by atoms with Gasteiger partial charge in [0.2, 0.25) is 11.8 Å². The van der Waals surface area contributed by atoms with Crippen molar-refractivity contribution in [2.45, 2.75) is 58.9 Å². The van der Waals surface area contributed by atoms with Gasteiger partial charge in [-0.2, -0.15) is 0 Å². The Morgan fingerprint density at radius 1 is 0.560 bits per heavy atom. The Hall–Kier alpha value is -2.28. The maximum Gasteiger partial charge on any atom is 0.306 e. The summed E-state index contributed by atoms with van der Waals surface area (Å²) in [7, 11) is 1.55. The van der Waals surface area contributed by atoms with E-state index in [1.165, 1.54) is 0 Å². The molecule has 0 spiro atoms. The molecule has 0 aliphatic carbocycles. The highest BCUT2D eigenvalue weighted by atomic mass is 16.6. The fourth-order valence-electron chi connectivity index (χ4n) is 4.22. The Labute approximate surface area is 297 Å². The van der Waals surface area contributed by atoms with E-state index in [0.29, 0.717) is 98.9 Å². The third kappa shape index (κ3) is 30.5. The average Bonchev–Trinajstić information content (AvgIpc) is 3.09. The topological polar surface area (TPSA) is 196 Å². The van der Waals surface area contributed by atoms with Crippen LogP contribution in [0.1, 0.15) is 52.9 Å². The smallest absolute Gasteiger partial charge is 0.306 e. The summed E-state index contributed by atoms with van der Waals surface area (Å²) in [6.45, 7) is 11.9. The summed E-state index contributed by atoms with van der Waals surface area (Å²) in [5, 5.41) is 14.6. The number of ketones is 1. The highest BCUT2D eigenvalue weighted by Crippen LogP contribution is 2.17. The predicted molar refractivity (Wildman–Crippen MR) is 183 cm³/mol. The Balaban J connectivity index is 3.55. The van der Waals surface area contributed by atoms with Gasteiger partial charge in [-0.15, -0.1) is 0 Å². The number of likely N-dealkylation sites (N-methyl/N-ethyl adjacent to an activating group) is 1. The molecule has 3 N–H and O–H groups in total. The molecule has 0 aliphatic heterocycles. The van der Waals surface area contributed by atoms with Gasteiger partial charge in [0.05, 0.1) is 118 Å². The minimum Gasteiger partial charge on any atom is -0.481 e. The lowest BCUT2D eigenvalue weighted by Crippen LogP contribution is -2.46. The van der Waals surface area contributed by atoms with E-state index >= 15 is 0 Å². The third-order valence-electron chi connectivity index (χ3n) is 7.00. The quantitative estimate of drug-likeness (QED) is 0.0770. The van der Waals surface area contributed by atoms with Gasteiger partial charge >= 0.3 is 5.97 Å². The van der Waals surface area contributed by atoms with Gasteiger partial charge in [0, 0.05) is 13.5 Å². The summed E-state index contributed by atoms with van der Waals surface area (Å²) >= 11 is 0. The molecule has 0 rings (SSSR count). The van der Waals surface area contributed by atoms with Crippen LogP contribution in [0, 0.1) is 11.8 Å². The largest absolute Gasteiger partial charge is 0.481 e. The van der Waals surface area contributed by atoms with Crippen LogP contribution in [0.15, 0.2) is 0 Å². The predicted octanol–water partition coefficient (Wildman–Crippen LogP) is 1.26. The number of Topliss-reactive ketones (excluding diaryl/α,β-unsaturated/α-hetero) is 1. The molecule has 0 saturated carbocycles. The van der Waals surface area contributed by atoms with Crippen molar-refractivity contribution in [3.05, 3.63) is 0 Å². The Morgan fingerprint density at radius 2 is 0.920 bits per heavy atom. The molecule has 0 radical (unpaired) electrons. The first-order valence-electron chi connectivity index (χ1n) is 17.7. The number of nitrogens with one attached hydrogen (secondary N) is 2. The maximum atomic E-state index is 12.8. The molecule has 2 amide bonds. The molecule has 0 fully saturated rings. The molecular weight excluding hydrogens is 660 g/mol. The van der Waals surface area contributed by atoms with E-state index < -0.39 is 23.8 Å². The number of ether oxygens (including phenoxy) is 9. The van der Waals surface area contributed by atoms with Crippen LogP contribution in [0.5, 0.6) is 0 Å². The van der Waals surface area contributed by atoms with Gasteiger partial charge in [0.1, 0.15) is 13.2 Å². The number of aliphatic carboxylic acids is 1. The monoisotopic (exact) mass is 724 g/mol. The second kappa shape index (κ2) is 35.1. The standard InChI is InChI=1S/C34H64N2O14/c1-5-6-7-8-29(34(40)41)25-30(37)33(28(2)3)36-32(39)27-50-24-22-48-20-18-46-16-14-44-12-10-42-9-11-43-13-15-45-17-19-47-21-23-49-26-31(38)35-4/h28-29,33H,5-27H2,1-4H3,(H,35,38)(H,36,39)(H,40,41)/t29-,33+/m1/s1. The molecular formula is C34H64N2O14. The lowest BCUT2D eigenvalue weighted by molar-refractivity contribution is -0.144. The number of amides is 2. The van der Waals surface area contributed by atoms with Crippen LogP contribution in [-0.4, -0.2) is 161 Å². The summed E-state index contributed by atoms with van der Waals surface area (Å²) in [5.74, 6) is -2.79. The van der Waals surface area contributed by atoms with Crippen LogP contribution in [0.2, 0.25) is 0 Å². The van der Waals surface area contributed by atoms with Crippen LogP contribution >= 0.6 is 0 Å². The first-order chi connectivity index (χ1) is 24.2. The molecule has 2 atom stereocenters. The van der Waals surface area contributed by atoms with Gasteiger partial charge < -0.3 is 58.4 Å². The highest BCUT2D eigenvalue weighted by Gasteiger charge is 2.29. The molecule has 0 saturated heterocycles. The Kier molecular flexibility index (Phi) is 33.5. The second-order valence-electron chi connectivity index (χ2n) is 11.6. The molecule has 50 heavy (non-hydrogen) atoms. The molecule has 294 valence electrons. The number of carboxylic acid groups (broad SMARTS) is 1. The maximum absolute atomic E-state index is 12.8. The Bertz CT molecular complexity index is 849. The number of carboxylic acids is 1. The molecule has 0 unspecified atom stereocenters. The zero-order chi connectivity index (χ0) is 37.1. The van der Waals surface area contributed by atoms with Crippen molar-refractivity contribution in [3.8, 4) is 0 Å². The number of rotatable bonds is 38. The summed E-state index contributed by atoms with van der Waals surface area (Å²) in [4.78, 5) is 47.7. The van der Waals surface area contributed by atoms with Crippen LogP contribution in [-0.2, 0) is 61.8 Å². The minimum absolute atomic E-state index is 0.0256. The van der Waals surface area contributed by atoms with Crippen LogP contribution < -0.4 is 10.6 Å². The average molecular weight is 725 g/mol. The SMILES string of the molecule is CCCCC[C@H](CC(=O)[C@@H](NC(=O)COCCOCCOCCOCCOCCOCCOCCOCCOCC(=O)NC)C(C)C)C(=O)O. The molecule has 0 bridgehead atoms. The van der Waals surface area contributed by atoms with E-state index in [2.05, 4.69) is 10.6 Å². The lowest BCUT2D eigenvalue weighted by Gasteiger charge is -2.23. The number of carbonyl (C=O) groups is 4. The summed E-state index contributed by atoms with van der Waals surface area (Å²) in [6.07, 6.45) is 2.99. The summed E-state index contributed by atoms with van der Waals surface area (Å²) in [5.41, 5.74) is 0. The molecule has 0 aromatic heterocycles. The van der Waals surface area contributed by atoms with Crippen molar-refractivity contribution >= 4 is 23.6 Å². The first kappa shape index (κ1) is 47.7. The van der Waals surface area contributed by atoms with E-state index in [4.69, 9.17) is 42.6 Å². The highest BCUT2D eigenvalue weighted by molar-refractivity contribution is 5.91. The fourth-order valence-corrected chi connectivity index (χ4v) is 4.22. The van der Waals surface area contributed by atoms with Gasteiger partial charge in [-0.05, 0) is 12.3 Å². The number of unbranched alkanes of at least 4 members (excludes halogenated alkanes) is 2. The van der Waals surface area contributed by atoms with Crippen LogP contribution in [0.3, 0.4) is 0 Å². The fraction of sp³-hybridized carbons (Fsp3) is 0.882. The summed E-state index contributed by atoms with van der Waals surface area (Å²) < 4.78 is 48.4. The third-order valence-corrected chi connectivity index (χ3v) is 7.00. The van der Waals surface area contributed by atoms with Gasteiger partial charge in [0.15, 0.2) is 5.78 Å². The zero-order valence-corrected chi connectivity index (χ0v) is 30.7. The lowest BCUT2D eigenvalue weighted by atomic mass is 9.89. The van der Waals surface area contributed by atoms with Crippen LogP contribution in [0.4, 0.5) is 0 Å². The molecule has 16 nitrogen and oxygen atoms in total. The minimum atomic E-state index is -0.982. The van der Waals surface area contributed by atoms with Crippen molar-refractivity contribution in [3.63, 3.8) is 0 Å². The van der Waals surface area contributed by atoms with E-state index in [0.717, 1.165) is 19.3 Å². The molecule has 0 aliphatic rings. The number of hydrogen-bond acceptors (Lipinski definition) is 13. The van der Waals surface area contributed by atoms with Crippen molar-refractivity contribution < 1.29 is 66.9 Å². The van der Waals surface area contributed by atoms with E-state index in [-0.39, 0.29) is 50.5 Å². The molecule has 0 aromatic rings. The van der Waals surface area contributed by atoms with Gasteiger partial charge in [-0.25, -0.2) is 0 Å². The second-order valence-corrected chi connectivity index (χ2v) is 11.6. The molecule has 16 heteroatoms. The van der Waals surface area contributed by atoms with Crippen molar-refractivity contribution in [2.24, 2.45) is 11.8 Å². The van der Waals surface area contributed by atoms with Gasteiger partial charge in [-0.1, -0.05) is 40.0 Å². The Morgan fingerprint density at radius 3 is 1.24 bits per heavy atom. The van der Waals surface area contributed by atoms with E-state index in [9.17, 15) is 24.3 Å². The normalized spacial score (nSPS) is 12.6. The summed E-state index contributed by atoms with van der Waals surface area (Å²) in [6, 6.07) is -0.764. The van der Waals surface area contributed by atoms with E-state index in [1.54, 1.807) is 7.05 Å². The van der Waals surface area contributed by atoms with Crippen LogP contribution in [0.25, 0.3) is 0 Å². The molecule has 0 aromatic carbocycles. The van der Waals surface area contributed by atoms with Crippen molar-refractivity contribution in [1.29, 1.82) is 0 Å². The van der Waals surface area contributed by atoms with Crippen molar-refractivity contribution in [1.82, 2.24) is 10.6 Å². The first-order valence-corrected chi connectivity index (χ1v) is 17.7. The number of carbonyl (C=O) groups excluding carboxylic acids is 3. The van der Waals surface area contributed by atoms with E-state index in [1.807, 2.05) is 20.8 Å². The number of hydrogen-bond donors (Lipinski definition) is 3. The zero-order valence-electron chi connectivity index (χ0n) is 30.7. The van der Waals surface area contributed by atoms with Gasteiger partial charge in [-0.3, -0.25) is 19.2 Å². The molecule has 0 heterocycles. The van der Waals surface area contributed by atoms with Gasteiger partial charge in [0.25, 0.3) is 0 Å².